The van der Waals surface area contributed by atoms with Gasteiger partial charge in [0, 0.05) is 9.75 Å². The Morgan fingerprint density at radius 2 is 2.07 bits per heavy atom. The van der Waals surface area contributed by atoms with Gasteiger partial charge in [-0.3, -0.25) is 0 Å². The molecule has 1 heterocycles. The Kier molecular flexibility index (Phi) is 2.18. The van der Waals surface area contributed by atoms with E-state index >= 15 is 0 Å². The third kappa shape index (κ3) is 1.55. The zero-order valence-electron chi connectivity index (χ0n) is 9.25. The Labute approximate surface area is 95.1 Å². The fourth-order valence-corrected chi connectivity index (χ4v) is 4.10. The van der Waals surface area contributed by atoms with Crippen LogP contribution in [0.25, 0.3) is 0 Å². The molecule has 1 aromatic heterocycles. The summed E-state index contributed by atoms with van der Waals surface area (Å²) < 4.78 is 0. The number of aryl methyl sites for hydroxylation is 2. The molecule has 15 heavy (non-hydrogen) atoms. The first-order valence-corrected chi connectivity index (χ1v) is 6.86. The second-order valence-electron chi connectivity index (χ2n) is 5.15. The van der Waals surface area contributed by atoms with Crippen LogP contribution < -0.4 is 0 Å². The lowest BCUT2D eigenvalue weighted by molar-refractivity contribution is 0.138. The zero-order chi connectivity index (χ0) is 10.5. The molecule has 82 valence electrons. The molecular weight excluding hydrogens is 204 g/mol. The van der Waals surface area contributed by atoms with Crippen LogP contribution in [-0.4, -0.2) is 5.11 Å². The molecule has 1 fully saturated rings. The number of hydrogen-bond acceptors (Lipinski definition) is 2. The van der Waals surface area contributed by atoms with Crippen molar-refractivity contribution in [3.63, 3.8) is 0 Å². The van der Waals surface area contributed by atoms with Gasteiger partial charge in [-0.15, -0.1) is 11.3 Å². The Hall–Kier alpha value is -0.340. The summed E-state index contributed by atoms with van der Waals surface area (Å²) in [5.74, 6) is 0.472. The minimum Gasteiger partial charge on any atom is -0.384 e. The van der Waals surface area contributed by atoms with Crippen molar-refractivity contribution < 1.29 is 5.11 Å². The molecule has 0 amide bonds. The maximum Gasteiger partial charge on any atom is 0.102 e. The molecule has 0 radical (unpaired) electrons. The maximum atomic E-state index is 10.3. The molecule has 3 rings (SSSR count). The van der Waals surface area contributed by atoms with Gasteiger partial charge in [0.05, 0.1) is 0 Å². The first-order chi connectivity index (χ1) is 7.20. The third-order valence-electron chi connectivity index (χ3n) is 3.95. The highest BCUT2D eigenvalue weighted by Gasteiger charge is 2.52. The molecule has 2 heteroatoms. The van der Waals surface area contributed by atoms with Gasteiger partial charge < -0.3 is 5.11 Å². The van der Waals surface area contributed by atoms with Gasteiger partial charge in [0.1, 0.15) is 5.60 Å². The SMILES string of the molecule is CC1CC1(O)c1cc2c(s1)CCCCC2. The fraction of sp³-hybridized carbons (Fsp3) is 0.692. The minimum absolute atomic E-state index is 0.448. The van der Waals surface area contributed by atoms with Crippen molar-refractivity contribution in [1.82, 2.24) is 0 Å². The summed E-state index contributed by atoms with van der Waals surface area (Å²) in [6.45, 7) is 2.14. The van der Waals surface area contributed by atoms with Gasteiger partial charge in [-0.25, -0.2) is 0 Å². The number of hydrogen-bond donors (Lipinski definition) is 1. The topological polar surface area (TPSA) is 20.2 Å². The van der Waals surface area contributed by atoms with Gasteiger partial charge in [-0.2, -0.15) is 0 Å². The Balaban J connectivity index is 1.93. The highest BCUT2D eigenvalue weighted by atomic mass is 32.1. The van der Waals surface area contributed by atoms with Gasteiger partial charge in [-0.1, -0.05) is 13.3 Å². The van der Waals surface area contributed by atoms with E-state index < -0.39 is 5.60 Å². The van der Waals surface area contributed by atoms with E-state index in [9.17, 15) is 5.11 Å². The summed E-state index contributed by atoms with van der Waals surface area (Å²) in [6, 6.07) is 2.29. The lowest BCUT2D eigenvalue weighted by Gasteiger charge is -2.04. The van der Waals surface area contributed by atoms with E-state index in [1.165, 1.54) is 42.5 Å². The van der Waals surface area contributed by atoms with E-state index in [0.29, 0.717) is 5.92 Å². The third-order valence-corrected chi connectivity index (χ3v) is 5.35. The summed E-state index contributed by atoms with van der Waals surface area (Å²) in [7, 11) is 0. The monoisotopic (exact) mass is 222 g/mol. The van der Waals surface area contributed by atoms with Crippen molar-refractivity contribution in [2.24, 2.45) is 5.92 Å². The molecule has 0 aromatic carbocycles. The average molecular weight is 222 g/mol. The van der Waals surface area contributed by atoms with Crippen LogP contribution in [0.3, 0.4) is 0 Å². The molecule has 1 N–H and O–H groups in total. The van der Waals surface area contributed by atoms with Crippen LogP contribution in [0, 0.1) is 5.92 Å². The molecule has 1 saturated carbocycles. The number of thiophene rings is 1. The van der Waals surface area contributed by atoms with Crippen LogP contribution in [0.4, 0.5) is 0 Å². The highest BCUT2D eigenvalue weighted by Crippen LogP contribution is 2.54. The van der Waals surface area contributed by atoms with Crippen LogP contribution >= 0.6 is 11.3 Å². The summed E-state index contributed by atoms with van der Waals surface area (Å²) in [5, 5.41) is 10.3. The average Bonchev–Trinajstić information content (AvgIpc) is 2.72. The van der Waals surface area contributed by atoms with E-state index in [-0.39, 0.29) is 0 Å². The van der Waals surface area contributed by atoms with E-state index in [2.05, 4.69) is 13.0 Å². The van der Waals surface area contributed by atoms with Crippen molar-refractivity contribution in [2.45, 2.75) is 51.0 Å². The standard InChI is InChI=1S/C13H18OS/c1-9-8-13(9,14)12-7-10-5-3-2-4-6-11(10)15-12/h7,9,14H,2-6,8H2,1H3. The predicted octanol–water partition coefficient (Wildman–Crippen LogP) is 3.24. The minimum atomic E-state index is -0.448. The van der Waals surface area contributed by atoms with Gasteiger partial charge in [0.15, 0.2) is 0 Å². The Morgan fingerprint density at radius 1 is 1.33 bits per heavy atom. The van der Waals surface area contributed by atoms with E-state index in [4.69, 9.17) is 0 Å². The fourth-order valence-electron chi connectivity index (χ4n) is 2.63. The predicted molar refractivity (Wildman–Crippen MR) is 63.3 cm³/mol. The van der Waals surface area contributed by atoms with Crippen molar-refractivity contribution in [3.8, 4) is 0 Å². The summed E-state index contributed by atoms with van der Waals surface area (Å²) >= 11 is 1.87. The van der Waals surface area contributed by atoms with Crippen LogP contribution in [0.5, 0.6) is 0 Å². The normalized spacial score (nSPS) is 34.7. The van der Waals surface area contributed by atoms with Crippen LogP contribution in [-0.2, 0) is 18.4 Å². The molecule has 2 aliphatic carbocycles. The molecule has 2 aliphatic rings. The van der Waals surface area contributed by atoms with Gasteiger partial charge in [-0.05, 0) is 49.7 Å². The van der Waals surface area contributed by atoms with Crippen LogP contribution in [0.2, 0.25) is 0 Å². The molecule has 2 unspecified atom stereocenters. The quantitative estimate of drug-likeness (QED) is 0.723. The van der Waals surface area contributed by atoms with Crippen molar-refractivity contribution in [2.75, 3.05) is 0 Å². The Morgan fingerprint density at radius 3 is 2.80 bits per heavy atom. The van der Waals surface area contributed by atoms with Gasteiger partial charge in [0.2, 0.25) is 0 Å². The molecule has 0 saturated heterocycles. The molecule has 2 atom stereocenters. The highest BCUT2D eigenvalue weighted by molar-refractivity contribution is 7.12. The number of fused-ring (bicyclic) bond motifs is 1. The second kappa shape index (κ2) is 3.33. The largest absolute Gasteiger partial charge is 0.384 e. The molecule has 0 spiro atoms. The van der Waals surface area contributed by atoms with Crippen LogP contribution in [0.15, 0.2) is 6.07 Å². The number of aliphatic hydroxyl groups is 1. The van der Waals surface area contributed by atoms with Crippen LogP contribution in [0.1, 0.15) is 47.9 Å². The molecule has 1 nitrogen and oxygen atoms in total. The first-order valence-electron chi connectivity index (χ1n) is 6.04. The Bertz CT molecular complexity index is 358. The van der Waals surface area contributed by atoms with Crippen molar-refractivity contribution in [3.05, 3.63) is 21.4 Å². The van der Waals surface area contributed by atoms with Crippen molar-refractivity contribution in [1.29, 1.82) is 0 Å². The number of rotatable bonds is 1. The second-order valence-corrected chi connectivity index (χ2v) is 6.29. The lowest BCUT2D eigenvalue weighted by atomic mass is 10.1. The maximum absolute atomic E-state index is 10.3. The molecular formula is C13H18OS. The van der Waals surface area contributed by atoms with E-state index in [1.807, 2.05) is 11.3 Å². The smallest absolute Gasteiger partial charge is 0.102 e. The van der Waals surface area contributed by atoms with Gasteiger partial charge in [0.25, 0.3) is 0 Å². The molecule has 1 aromatic rings. The zero-order valence-corrected chi connectivity index (χ0v) is 10.1. The lowest BCUT2D eigenvalue weighted by Crippen LogP contribution is -2.04. The van der Waals surface area contributed by atoms with E-state index in [1.54, 1.807) is 4.88 Å². The molecule has 0 bridgehead atoms. The van der Waals surface area contributed by atoms with E-state index in [0.717, 1.165) is 6.42 Å². The van der Waals surface area contributed by atoms with Gasteiger partial charge >= 0.3 is 0 Å². The molecule has 0 aliphatic heterocycles. The summed E-state index contributed by atoms with van der Waals surface area (Å²) in [6.07, 6.45) is 7.47. The first kappa shape index (κ1) is 9.86. The summed E-state index contributed by atoms with van der Waals surface area (Å²) in [4.78, 5) is 2.79. The van der Waals surface area contributed by atoms with Crippen molar-refractivity contribution >= 4 is 11.3 Å². The summed E-state index contributed by atoms with van der Waals surface area (Å²) in [5.41, 5.74) is 1.08.